The summed E-state index contributed by atoms with van der Waals surface area (Å²) in [4.78, 5) is 0. The van der Waals surface area contributed by atoms with E-state index in [1.165, 1.54) is 18.4 Å². The molecule has 0 atom stereocenters. The molecule has 1 aliphatic carbocycles. The van der Waals surface area contributed by atoms with Gasteiger partial charge >= 0.3 is 0 Å². The van der Waals surface area contributed by atoms with E-state index in [0.29, 0.717) is 0 Å². The van der Waals surface area contributed by atoms with Gasteiger partial charge in [0.05, 0.1) is 5.69 Å². The maximum Gasteiger partial charge on any atom is 0.0926 e. The van der Waals surface area contributed by atoms with E-state index in [9.17, 15) is 0 Å². The molecule has 88 valence electrons. The van der Waals surface area contributed by atoms with Crippen LogP contribution in [0.25, 0.3) is 11.3 Å². The van der Waals surface area contributed by atoms with Crippen molar-refractivity contribution in [1.82, 2.24) is 9.78 Å². The first kappa shape index (κ1) is 10.4. The number of rotatable bonds is 3. The van der Waals surface area contributed by atoms with Crippen LogP contribution >= 0.6 is 0 Å². The van der Waals surface area contributed by atoms with Crippen molar-refractivity contribution in [2.75, 3.05) is 5.73 Å². The molecule has 1 saturated carbocycles. The minimum absolute atomic E-state index is 0.794. The van der Waals surface area contributed by atoms with Crippen LogP contribution in [-0.2, 0) is 6.54 Å². The smallest absolute Gasteiger partial charge is 0.0926 e. The minimum atomic E-state index is 0.794. The molecule has 1 fully saturated rings. The lowest BCUT2D eigenvalue weighted by Crippen LogP contribution is -2.00. The molecule has 0 saturated heterocycles. The van der Waals surface area contributed by atoms with Crippen LogP contribution in [0, 0.1) is 12.8 Å². The molecule has 2 N–H and O–H groups in total. The van der Waals surface area contributed by atoms with E-state index in [0.717, 1.165) is 29.4 Å². The first-order valence-electron chi connectivity index (χ1n) is 6.12. The van der Waals surface area contributed by atoms with Gasteiger partial charge in [-0.05, 0) is 49.4 Å². The van der Waals surface area contributed by atoms with Crippen LogP contribution in [0.2, 0.25) is 0 Å². The molecule has 0 bridgehead atoms. The molecule has 3 nitrogen and oxygen atoms in total. The maximum atomic E-state index is 5.83. The summed E-state index contributed by atoms with van der Waals surface area (Å²) in [5.74, 6) is 0.852. The molecule has 3 heteroatoms. The van der Waals surface area contributed by atoms with E-state index >= 15 is 0 Å². The minimum Gasteiger partial charge on any atom is -0.399 e. The molecule has 0 spiro atoms. The molecule has 1 heterocycles. The average molecular weight is 227 g/mol. The fourth-order valence-corrected chi connectivity index (χ4v) is 2.09. The molecule has 17 heavy (non-hydrogen) atoms. The molecule has 1 aromatic carbocycles. The van der Waals surface area contributed by atoms with Crippen molar-refractivity contribution in [1.29, 1.82) is 0 Å². The summed E-state index contributed by atoms with van der Waals surface area (Å²) in [5.41, 5.74) is 10.0. The highest BCUT2D eigenvalue weighted by Crippen LogP contribution is 2.31. The standard InChI is InChI=1S/C14H17N3/c1-10-2-5-12(15)8-13(10)14-6-7-17(16-14)9-11-3-4-11/h2,5-8,11H,3-4,9,15H2,1H3. The van der Waals surface area contributed by atoms with Crippen molar-refractivity contribution in [2.24, 2.45) is 5.92 Å². The van der Waals surface area contributed by atoms with E-state index in [4.69, 9.17) is 5.73 Å². The highest BCUT2D eigenvalue weighted by Gasteiger charge is 2.22. The van der Waals surface area contributed by atoms with Crippen LogP contribution in [0.4, 0.5) is 5.69 Å². The maximum absolute atomic E-state index is 5.83. The van der Waals surface area contributed by atoms with Gasteiger partial charge in [0.15, 0.2) is 0 Å². The van der Waals surface area contributed by atoms with Gasteiger partial charge in [-0.15, -0.1) is 0 Å². The van der Waals surface area contributed by atoms with E-state index in [1.807, 2.05) is 18.2 Å². The zero-order valence-electron chi connectivity index (χ0n) is 10.1. The number of benzene rings is 1. The SMILES string of the molecule is Cc1ccc(N)cc1-c1ccn(CC2CC2)n1. The third-order valence-corrected chi connectivity index (χ3v) is 3.32. The Bertz CT molecular complexity index is 538. The number of nitrogens with two attached hydrogens (primary N) is 1. The van der Waals surface area contributed by atoms with Crippen molar-refractivity contribution in [3.8, 4) is 11.3 Å². The summed E-state index contributed by atoms with van der Waals surface area (Å²) in [6.07, 6.45) is 4.77. The van der Waals surface area contributed by atoms with Crippen LogP contribution in [-0.4, -0.2) is 9.78 Å². The van der Waals surface area contributed by atoms with E-state index in [-0.39, 0.29) is 0 Å². The van der Waals surface area contributed by atoms with Gasteiger partial charge in [0.25, 0.3) is 0 Å². The summed E-state index contributed by atoms with van der Waals surface area (Å²) >= 11 is 0. The van der Waals surface area contributed by atoms with Crippen LogP contribution < -0.4 is 5.73 Å². The predicted octanol–water partition coefficient (Wildman–Crippen LogP) is 2.85. The Hall–Kier alpha value is -1.77. The lowest BCUT2D eigenvalue weighted by molar-refractivity contribution is 0.564. The average Bonchev–Trinajstić information content (AvgIpc) is 2.99. The topological polar surface area (TPSA) is 43.8 Å². The molecule has 0 amide bonds. The summed E-state index contributed by atoms with van der Waals surface area (Å²) in [6.45, 7) is 3.15. The largest absolute Gasteiger partial charge is 0.399 e. The summed E-state index contributed by atoms with van der Waals surface area (Å²) in [7, 11) is 0. The van der Waals surface area contributed by atoms with E-state index in [2.05, 4.69) is 29.0 Å². The Morgan fingerprint density at radius 2 is 2.18 bits per heavy atom. The molecule has 1 aliphatic rings. The summed E-state index contributed by atoms with van der Waals surface area (Å²) < 4.78 is 2.05. The van der Waals surface area contributed by atoms with Crippen LogP contribution in [0.3, 0.4) is 0 Å². The lowest BCUT2D eigenvalue weighted by atomic mass is 10.1. The van der Waals surface area contributed by atoms with Crippen molar-refractivity contribution >= 4 is 5.69 Å². The number of anilines is 1. The Balaban J connectivity index is 1.91. The van der Waals surface area contributed by atoms with Gasteiger partial charge in [-0.25, -0.2) is 0 Å². The number of hydrogen-bond acceptors (Lipinski definition) is 2. The zero-order chi connectivity index (χ0) is 11.8. The Morgan fingerprint density at radius 1 is 1.35 bits per heavy atom. The number of nitrogen functional groups attached to an aromatic ring is 1. The fourth-order valence-electron chi connectivity index (χ4n) is 2.09. The number of aromatic nitrogens is 2. The van der Waals surface area contributed by atoms with Crippen molar-refractivity contribution in [3.05, 3.63) is 36.0 Å². The number of aryl methyl sites for hydroxylation is 1. The number of hydrogen-bond donors (Lipinski definition) is 1. The first-order chi connectivity index (χ1) is 8.22. The van der Waals surface area contributed by atoms with Crippen LogP contribution in [0.15, 0.2) is 30.5 Å². The van der Waals surface area contributed by atoms with E-state index in [1.54, 1.807) is 0 Å². The second-order valence-electron chi connectivity index (χ2n) is 4.94. The Kier molecular flexibility index (Phi) is 2.39. The molecule has 0 aliphatic heterocycles. The van der Waals surface area contributed by atoms with Gasteiger partial charge in [-0.1, -0.05) is 6.07 Å². The molecular formula is C14H17N3. The summed E-state index contributed by atoms with van der Waals surface area (Å²) in [5, 5.41) is 4.62. The molecule has 0 unspecified atom stereocenters. The molecule has 1 aromatic heterocycles. The highest BCUT2D eigenvalue weighted by molar-refractivity contribution is 5.67. The van der Waals surface area contributed by atoms with Crippen LogP contribution in [0.1, 0.15) is 18.4 Å². The van der Waals surface area contributed by atoms with Gasteiger partial charge < -0.3 is 5.73 Å². The summed E-state index contributed by atoms with van der Waals surface area (Å²) in [6, 6.07) is 8.05. The van der Waals surface area contributed by atoms with Crippen LogP contribution in [0.5, 0.6) is 0 Å². The van der Waals surface area contributed by atoms with Gasteiger partial charge in [0, 0.05) is 24.0 Å². The zero-order valence-corrected chi connectivity index (χ0v) is 10.1. The quantitative estimate of drug-likeness (QED) is 0.819. The molecule has 3 rings (SSSR count). The van der Waals surface area contributed by atoms with Gasteiger partial charge in [-0.3, -0.25) is 4.68 Å². The van der Waals surface area contributed by atoms with Crippen molar-refractivity contribution in [3.63, 3.8) is 0 Å². The van der Waals surface area contributed by atoms with Gasteiger partial charge in [-0.2, -0.15) is 5.10 Å². The predicted molar refractivity (Wildman–Crippen MR) is 69.5 cm³/mol. The number of nitrogens with zero attached hydrogens (tertiary/aromatic N) is 2. The first-order valence-corrected chi connectivity index (χ1v) is 6.12. The second kappa shape index (κ2) is 3.91. The lowest BCUT2D eigenvalue weighted by Gasteiger charge is -2.04. The second-order valence-corrected chi connectivity index (χ2v) is 4.94. The molecule has 2 aromatic rings. The third kappa shape index (κ3) is 2.18. The Morgan fingerprint density at radius 3 is 2.94 bits per heavy atom. The van der Waals surface area contributed by atoms with Crippen molar-refractivity contribution in [2.45, 2.75) is 26.3 Å². The normalized spacial score (nSPS) is 15.1. The highest BCUT2D eigenvalue weighted by atomic mass is 15.3. The molecular weight excluding hydrogens is 210 g/mol. The monoisotopic (exact) mass is 227 g/mol. The van der Waals surface area contributed by atoms with Gasteiger partial charge in [0.1, 0.15) is 0 Å². The third-order valence-electron chi connectivity index (χ3n) is 3.32. The fraction of sp³-hybridized carbons (Fsp3) is 0.357. The Labute approximate surface area is 101 Å². The van der Waals surface area contributed by atoms with Crippen molar-refractivity contribution < 1.29 is 0 Å². The molecule has 0 radical (unpaired) electrons. The van der Waals surface area contributed by atoms with Gasteiger partial charge in [0.2, 0.25) is 0 Å². The van der Waals surface area contributed by atoms with E-state index < -0.39 is 0 Å².